The average Bonchev–Trinajstić information content (AvgIpc) is 2.54. The third-order valence-corrected chi connectivity index (χ3v) is 7.01. The molecule has 4 fully saturated rings. The Morgan fingerprint density at radius 1 is 0.667 bits per heavy atom. The van der Waals surface area contributed by atoms with Gasteiger partial charge < -0.3 is 10.2 Å². The maximum atomic E-state index is 10.5. The van der Waals surface area contributed by atoms with Crippen LogP contribution in [0.1, 0.15) is 49.7 Å². The van der Waals surface area contributed by atoms with Gasteiger partial charge in [-0.3, -0.25) is 0 Å². The Morgan fingerprint density at radius 3 is 1.50 bits per heavy atom. The molecule has 4 aliphatic rings. The third-order valence-electron chi connectivity index (χ3n) is 7.01. The smallest absolute Gasteiger partial charge is 0.119 e. The van der Waals surface area contributed by atoms with E-state index in [1.807, 2.05) is 24.3 Å². The molecule has 2 aromatic carbocycles. The van der Waals surface area contributed by atoms with Crippen LogP contribution in [0.4, 0.5) is 0 Å². The van der Waals surface area contributed by atoms with Crippen LogP contribution >= 0.6 is 0 Å². The Balaban J connectivity index is 1.66. The molecule has 2 aromatic rings. The third kappa shape index (κ3) is 1.89. The maximum absolute atomic E-state index is 10.5. The summed E-state index contributed by atoms with van der Waals surface area (Å²) in [6.45, 7) is 0. The SMILES string of the molecule is Oc1ccccc1C12CC3CC(C1)CC(c1ccccc1O)(C3)C2. The van der Waals surface area contributed by atoms with Crippen molar-refractivity contribution in [2.75, 3.05) is 0 Å². The molecule has 0 aliphatic heterocycles. The van der Waals surface area contributed by atoms with Crippen molar-refractivity contribution in [3.63, 3.8) is 0 Å². The number of para-hydroxylation sites is 2. The summed E-state index contributed by atoms with van der Waals surface area (Å²) in [7, 11) is 0. The first-order valence-corrected chi connectivity index (χ1v) is 9.17. The minimum atomic E-state index is 0.0811. The van der Waals surface area contributed by atoms with Gasteiger partial charge in [0.1, 0.15) is 11.5 Å². The molecule has 0 spiro atoms. The van der Waals surface area contributed by atoms with Gasteiger partial charge in [-0.05, 0) is 62.5 Å². The van der Waals surface area contributed by atoms with Crippen molar-refractivity contribution in [1.82, 2.24) is 0 Å². The van der Waals surface area contributed by atoms with Crippen LogP contribution in [0.3, 0.4) is 0 Å². The van der Waals surface area contributed by atoms with E-state index in [0.717, 1.165) is 17.5 Å². The Bertz CT molecular complexity index is 717. The molecule has 2 heteroatoms. The van der Waals surface area contributed by atoms with Crippen LogP contribution in [0.2, 0.25) is 0 Å². The summed E-state index contributed by atoms with van der Waals surface area (Å²) >= 11 is 0. The number of aromatic hydroxyl groups is 2. The number of hydrogen-bond donors (Lipinski definition) is 2. The normalized spacial score (nSPS) is 36.8. The summed E-state index contributed by atoms with van der Waals surface area (Å²) in [5, 5.41) is 21.1. The van der Waals surface area contributed by atoms with E-state index < -0.39 is 0 Å². The van der Waals surface area contributed by atoms with Gasteiger partial charge in [-0.2, -0.15) is 0 Å². The van der Waals surface area contributed by atoms with Gasteiger partial charge >= 0.3 is 0 Å². The molecule has 2 nitrogen and oxygen atoms in total. The van der Waals surface area contributed by atoms with Crippen molar-refractivity contribution in [3.8, 4) is 11.5 Å². The standard InChI is InChI=1S/C22H24O2/c23-19-7-3-1-5-17(19)21-10-15-9-16(11-21)13-22(12-15,14-21)18-6-2-4-8-20(18)24/h1-8,15-16,23-24H,9-14H2. The van der Waals surface area contributed by atoms with Gasteiger partial charge in [0.25, 0.3) is 0 Å². The Labute approximate surface area is 143 Å². The van der Waals surface area contributed by atoms with E-state index >= 15 is 0 Å². The fourth-order valence-corrected chi connectivity index (χ4v) is 6.74. The summed E-state index contributed by atoms with van der Waals surface area (Å²) in [5.74, 6) is 2.33. The zero-order chi connectivity index (χ0) is 16.4. The van der Waals surface area contributed by atoms with Gasteiger partial charge in [0, 0.05) is 22.0 Å². The summed E-state index contributed by atoms with van der Waals surface area (Å²) in [4.78, 5) is 0. The first-order valence-electron chi connectivity index (χ1n) is 9.17. The first kappa shape index (κ1) is 14.4. The van der Waals surface area contributed by atoms with Gasteiger partial charge in [-0.25, -0.2) is 0 Å². The van der Waals surface area contributed by atoms with Gasteiger partial charge in [0.05, 0.1) is 0 Å². The van der Waals surface area contributed by atoms with Crippen LogP contribution in [0.25, 0.3) is 0 Å². The molecule has 4 saturated carbocycles. The first-order chi connectivity index (χ1) is 11.6. The lowest BCUT2D eigenvalue weighted by molar-refractivity contribution is -0.0297. The highest BCUT2D eigenvalue weighted by molar-refractivity contribution is 5.46. The molecule has 0 heterocycles. The van der Waals surface area contributed by atoms with E-state index in [9.17, 15) is 10.2 Å². The van der Waals surface area contributed by atoms with Crippen molar-refractivity contribution in [3.05, 3.63) is 59.7 Å². The predicted octanol–water partition coefficient (Wildman–Crippen LogP) is 4.89. The topological polar surface area (TPSA) is 40.5 Å². The van der Waals surface area contributed by atoms with E-state index in [-0.39, 0.29) is 10.8 Å². The number of phenols is 2. The fraction of sp³-hybridized carbons (Fsp3) is 0.455. The second-order valence-corrected chi connectivity index (χ2v) is 8.56. The molecule has 0 radical (unpaired) electrons. The van der Waals surface area contributed by atoms with E-state index in [2.05, 4.69) is 24.3 Å². The maximum Gasteiger partial charge on any atom is 0.119 e. The van der Waals surface area contributed by atoms with Gasteiger partial charge in [-0.15, -0.1) is 0 Å². The van der Waals surface area contributed by atoms with Crippen LogP contribution in [-0.2, 0) is 10.8 Å². The number of rotatable bonds is 2. The van der Waals surface area contributed by atoms with Crippen LogP contribution < -0.4 is 0 Å². The molecule has 0 saturated heterocycles. The summed E-state index contributed by atoms with van der Waals surface area (Å²) < 4.78 is 0. The molecular weight excluding hydrogens is 296 g/mol. The summed E-state index contributed by atoms with van der Waals surface area (Å²) in [6, 6.07) is 15.9. The lowest BCUT2D eigenvalue weighted by Crippen LogP contribution is -2.55. The van der Waals surface area contributed by atoms with Crippen molar-refractivity contribution in [2.24, 2.45) is 11.8 Å². The molecular formula is C22H24O2. The molecule has 6 rings (SSSR count). The second kappa shape index (κ2) is 4.78. The number of phenolic OH excluding ortho intramolecular Hbond substituents is 2. The molecule has 0 aromatic heterocycles. The van der Waals surface area contributed by atoms with E-state index in [0.29, 0.717) is 23.3 Å². The molecule has 0 atom stereocenters. The molecule has 4 aliphatic carbocycles. The quantitative estimate of drug-likeness (QED) is 0.827. The van der Waals surface area contributed by atoms with Crippen molar-refractivity contribution in [1.29, 1.82) is 0 Å². The largest absolute Gasteiger partial charge is 0.508 e. The predicted molar refractivity (Wildman–Crippen MR) is 94.3 cm³/mol. The molecule has 0 amide bonds. The van der Waals surface area contributed by atoms with E-state index in [4.69, 9.17) is 0 Å². The van der Waals surface area contributed by atoms with Crippen LogP contribution in [0.5, 0.6) is 11.5 Å². The van der Waals surface area contributed by atoms with E-state index in [1.54, 1.807) is 0 Å². The lowest BCUT2D eigenvalue weighted by atomic mass is 9.41. The zero-order valence-corrected chi connectivity index (χ0v) is 13.9. The summed E-state index contributed by atoms with van der Waals surface area (Å²) in [6.07, 6.45) is 7.15. The van der Waals surface area contributed by atoms with Crippen molar-refractivity contribution in [2.45, 2.75) is 49.4 Å². The fourth-order valence-electron chi connectivity index (χ4n) is 6.74. The van der Waals surface area contributed by atoms with Crippen LogP contribution in [0, 0.1) is 11.8 Å². The minimum Gasteiger partial charge on any atom is -0.508 e. The highest BCUT2D eigenvalue weighted by atomic mass is 16.3. The lowest BCUT2D eigenvalue weighted by Gasteiger charge is -2.62. The van der Waals surface area contributed by atoms with Crippen LogP contribution in [0.15, 0.2) is 48.5 Å². The molecule has 4 bridgehead atoms. The molecule has 124 valence electrons. The Morgan fingerprint density at radius 2 is 1.08 bits per heavy atom. The Hall–Kier alpha value is -1.96. The molecule has 24 heavy (non-hydrogen) atoms. The molecule has 0 unspecified atom stereocenters. The van der Waals surface area contributed by atoms with Gasteiger partial charge in [0.15, 0.2) is 0 Å². The average molecular weight is 320 g/mol. The Kier molecular flexibility index (Phi) is 2.87. The van der Waals surface area contributed by atoms with Crippen molar-refractivity contribution >= 4 is 0 Å². The zero-order valence-electron chi connectivity index (χ0n) is 13.9. The monoisotopic (exact) mass is 320 g/mol. The van der Waals surface area contributed by atoms with Gasteiger partial charge in [0.2, 0.25) is 0 Å². The number of benzene rings is 2. The highest BCUT2D eigenvalue weighted by Gasteiger charge is 2.59. The summed E-state index contributed by atoms with van der Waals surface area (Å²) in [5.41, 5.74) is 2.44. The minimum absolute atomic E-state index is 0.0811. The highest BCUT2D eigenvalue weighted by Crippen LogP contribution is 2.67. The van der Waals surface area contributed by atoms with Crippen LogP contribution in [-0.4, -0.2) is 10.2 Å². The van der Waals surface area contributed by atoms with Crippen molar-refractivity contribution < 1.29 is 10.2 Å². The van der Waals surface area contributed by atoms with E-state index in [1.165, 1.54) is 32.1 Å². The van der Waals surface area contributed by atoms with Gasteiger partial charge in [-0.1, -0.05) is 36.4 Å². The number of hydrogen-bond acceptors (Lipinski definition) is 2. The molecule has 2 N–H and O–H groups in total. The second-order valence-electron chi connectivity index (χ2n) is 8.56.